The summed E-state index contributed by atoms with van der Waals surface area (Å²) in [6.07, 6.45) is 6.15. The lowest BCUT2D eigenvalue weighted by atomic mass is 9.92. The Hall–Kier alpha value is -1.35. The van der Waals surface area contributed by atoms with Gasteiger partial charge in [-0.25, -0.2) is 4.98 Å². The van der Waals surface area contributed by atoms with E-state index >= 15 is 0 Å². The topological polar surface area (TPSA) is 43.8 Å². The molecular formula is C16H25N3. The second-order valence-corrected chi connectivity index (χ2v) is 6.71. The summed E-state index contributed by atoms with van der Waals surface area (Å²) in [5, 5.41) is 1.24. The Kier molecular flexibility index (Phi) is 3.95. The fourth-order valence-electron chi connectivity index (χ4n) is 2.33. The van der Waals surface area contributed by atoms with Gasteiger partial charge in [0.05, 0.1) is 0 Å². The molecule has 0 fully saturated rings. The molecule has 0 spiro atoms. The van der Waals surface area contributed by atoms with Gasteiger partial charge >= 0.3 is 0 Å². The van der Waals surface area contributed by atoms with Crippen LogP contribution in [0.15, 0.2) is 24.5 Å². The molecule has 0 aromatic carbocycles. The minimum absolute atomic E-state index is 0.182. The number of nitrogens with two attached hydrogens (primary N) is 1. The zero-order chi connectivity index (χ0) is 14.0. The first-order chi connectivity index (χ1) is 8.87. The quantitative estimate of drug-likeness (QED) is 0.915. The van der Waals surface area contributed by atoms with Crippen molar-refractivity contribution in [3.8, 4) is 0 Å². The van der Waals surface area contributed by atoms with Crippen LogP contribution in [0, 0.1) is 5.41 Å². The van der Waals surface area contributed by atoms with Gasteiger partial charge in [0.1, 0.15) is 5.65 Å². The summed E-state index contributed by atoms with van der Waals surface area (Å²) in [6, 6.07) is 4.33. The molecule has 0 aliphatic heterocycles. The van der Waals surface area contributed by atoms with Crippen LogP contribution in [-0.2, 0) is 13.0 Å². The van der Waals surface area contributed by atoms with E-state index in [0.29, 0.717) is 5.41 Å². The molecule has 2 heterocycles. The average Bonchev–Trinajstić information content (AvgIpc) is 2.64. The third-order valence-electron chi connectivity index (χ3n) is 3.36. The van der Waals surface area contributed by atoms with E-state index in [1.807, 2.05) is 12.3 Å². The fourth-order valence-corrected chi connectivity index (χ4v) is 2.33. The monoisotopic (exact) mass is 259 g/mol. The molecule has 1 atom stereocenters. The van der Waals surface area contributed by atoms with Crippen LogP contribution >= 0.6 is 0 Å². The second-order valence-electron chi connectivity index (χ2n) is 6.71. The number of nitrogens with zero attached hydrogens (tertiary/aromatic N) is 2. The number of rotatable bonds is 4. The zero-order valence-corrected chi connectivity index (χ0v) is 12.5. The van der Waals surface area contributed by atoms with Gasteiger partial charge in [-0.15, -0.1) is 0 Å². The van der Waals surface area contributed by atoms with Gasteiger partial charge in [0.2, 0.25) is 0 Å². The van der Waals surface area contributed by atoms with Gasteiger partial charge in [-0.3, -0.25) is 0 Å². The first-order valence-corrected chi connectivity index (χ1v) is 7.05. The molecule has 19 heavy (non-hydrogen) atoms. The summed E-state index contributed by atoms with van der Waals surface area (Å²) < 4.78 is 2.28. The van der Waals surface area contributed by atoms with E-state index in [4.69, 9.17) is 5.73 Å². The maximum absolute atomic E-state index is 5.94. The van der Waals surface area contributed by atoms with E-state index in [-0.39, 0.29) is 6.04 Å². The molecule has 3 heteroatoms. The zero-order valence-electron chi connectivity index (χ0n) is 12.5. The van der Waals surface area contributed by atoms with Crippen LogP contribution < -0.4 is 5.73 Å². The SMILES string of the molecule is CC(N)Cc1cn(CCC(C)(C)C)c2ncccc12. The molecule has 0 saturated heterocycles. The Labute approximate surface area is 115 Å². The summed E-state index contributed by atoms with van der Waals surface area (Å²) in [5.41, 5.74) is 8.68. The first kappa shape index (κ1) is 14.1. The predicted molar refractivity (Wildman–Crippen MR) is 81.2 cm³/mol. The van der Waals surface area contributed by atoms with Gasteiger partial charge in [0.15, 0.2) is 0 Å². The van der Waals surface area contributed by atoms with Crippen LogP contribution in [0.1, 0.15) is 39.7 Å². The number of aryl methyl sites for hydroxylation is 1. The van der Waals surface area contributed by atoms with E-state index in [1.165, 1.54) is 10.9 Å². The lowest BCUT2D eigenvalue weighted by Crippen LogP contribution is -2.17. The highest BCUT2D eigenvalue weighted by Gasteiger charge is 2.14. The molecular weight excluding hydrogens is 234 g/mol. The largest absolute Gasteiger partial charge is 0.332 e. The van der Waals surface area contributed by atoms with E-state index in [1.54, 1.807) is 0 Å². The molecule has 1 unspecified atom stereocenters. The van der Waals surface area contributed by atoms with Crippen LogP contribution in [-0.4, -0.2) is 15.6 Å². The Morgan fingerprint density at radius 2 is 2.11 bits per heavy atom. The highest BCUT2D eigenvalue weighted by molar-refractivity contribution is 5.80. The highest BCUT2D eigenvalue weighted by atomic mass is 15.0. The molecule has 0 aliphatic carbocycles. The van der Waals surface area contributed by atoms with Crippen LogP contribution in [0.5, 0.6) is 0 Å². The average molecular weight is 259 g/mol. The van der Waals surface area contributed by atoms with Crippen LogP contribution in [0.4, 0.5) is 0 Å². The standard InChI is InChI=1S/C16H25N3/c1-12(17)10-13-11-19(9-7-16(2,3)4)15-14(13)6-5-8-18-15/h5-6,8,11-12H,7,9-10,17H2,1-4H3. The van der Waals surface area contributed by atoms with Crippen molar-refractivity contribution in [2.75, 3.05) is 0 Å². The van der Waals surface area contributed by atoms with Crippen LogP contribution in [0.2, 0.25) is 0 Å². The number of pyridine rings is 1. The fraction of sp³-hybridized carbons (Fsp3) is 0.562. The summed E-state index contributed by atoms with van der Waals surface area (Å²) in [7, 11) is 0. The molecule has 3 nitrogen and oxygen atoms in total. The van der Waals surface area contributed by atoms with Gasteiger partial charge in [0, 0.05) is 30.4 Å². The minimum Gasteiger partial charge on any atom is -0.332 e. The maximum atomic E-state index is 5.94. The van der Waals surface area contributed by atoms with Crippen molar-refractivity contribution in [2.24, 2.45) is 11.1 Å². The maximum Gasteiger partial charge on any atom is 0.140 e. The molecule has 0 aliphatic rings. The van der Waals surface area contributed by atoms with Crippen molar-refractivity contribution in [1.29, 1.82) is 0 Å². The minimum atomic E-state index is 0.182. The Morgan fingerprint density at radius 3 is 2.74 bits per heavy atom. The number of fused-ring (bicyclic) bond motifs is 1. The van der Waals surface area contributed by atoms with Gasteiger partial charge in [0.25, 0.3) is 0 Å². The molecule has 0 amide bonds. The summed E-state index contributed by atoms with van der Waals surface area (Å²) in [5.74, 6) is 0. The van der Waals surface area contributed by atoms with Gasteiger partial charge in [-0.05, 0) is 42.9 Å². The van der Waals surface area contributed by atoms with E-state index in [0.717, 1.165) is 25.0 Å². The Balaban J connectivity index is 2.33. The highest BCUT2D eigenvalue weighted by Crippen LogP contribution is 2.24. The van der Waals surface area contributed by atoms with Crippen LogP contribution in [0.25, 0.3) is 11.0 Å². The first-order valence-electron chi connectivity index (χ1n) is 7.05. The van der Waals surface area contributed by atoms with Crippen molar-refractivity contribution >= 4 is 11.0 Å². The van der Waals surface area contributed by atoms with Crippen molar-refractivity contribution in [2.45, 2.75) is 53.1 Å². The Morgan fingerprint density at radius 1 is 1.37 bits per heavy atom. The Bertz CT molecular complexity index is 547. The van der Waals surface area contributed by atoms with Crippen molar-refractivity contribution in [3.05, 3.63) is 30.1 Å². The third-order valence-corrected chi connectivity index (χ3v) is 3.36. The smallest absolute Gasteiger partial charge is 0.140 e. The van der Waals surface area contributed by atoms with Crippen molar-refractivity contribution < 1.29 is 0 Å². The molecule has 2 aromatic heterocycles. The molecule has 0 saturated carbocycles. The molecule has 104 valence electrons. The molecule has 0 radical (unpaired) electrons. The number of hydrogen-bond acceptors (Lipinski definition) is 2. The van der Waals surface area contributed by atoms with Crippen molar-refractivity contribution in [3.63, 3.8) is 0 Å². The number of aromatic nitrogens is 2. The van der Waals surface area contributed by atoms with Gasteiger partial charge in [-0.2, -0.15) is 0 Å². The lowest BCUT2D eigenvalue weighted by molar-refractivity contribution is 0.352. The number of hydrogen-bond donors (Lipinski definition) is 1. The second kappa shape index (κ2) is 5.33. The van der Waals surface area contributed by atoms with Gasteiger partial charge < -0.3 is 10.3 Å². The molecule has 2 rings (SSSR count). The van der Waals surface area contributed by atoms with Crippen LogP contribution in [0.3, 0.4) is 0 Å². The normalized spacial score (nSPS) is 13.9. The molecule has 2 aromatic rings. The van der Waals surface area contributed by atoms with E-state index in [2.05, 4.69) is 49.5 Å². The van der Waals surface area contributed by atoms with E-state index in [9.17, 15) is 0 Å². The van der Waals surface area contributed by atoms with E-state index < -0.39 is 0 Å². The van der Waals surface area contributed by atoms with Gasteiger partial charge in [-0.1, -0.05) is 20.8 Å². The summed E-state index contributed by atoms with van der Waals surface area (Å²) in [6.45, 7) is 9.88. The molecule has 2 N–H and O–H groups in total. The lowest BCUT2D eigenvalue weighted by Gasteiger charge is -2.18. The van der Waals surface area contributed by atoms with Crippen molar-refractivity contribution in [1.82, 2.24) is 9.55 Å². The summed E-state index contributed by atoms with van der Waals surface area (Å²) >= 11 is 0. The predicted octanol–water partition coefficient (Wildman–Crippen LogP) is 3.36. The third kappa shape index (κ3) is 3.57. The summed E-state index contributed by atoms with van der Waals surface area (Å²) in [4.78, 5) is 4.53. The molecule has 0 bridgehead atoms.